The van der Waals surface area contributed by atoms with Gasteiger partial charge in [-0.15, -0.1) is 11.8 Å². The Hall–Kier alpha value is -0.620. The van der Waals surface area contributed by atoms with Gasteiger partial charge in [0.05, 0.1) is 18.6 Å². The average molecular weight is 448 g/mol. The molecule has 0 aromatic heterocycles. The molecule has 0 amide bonds. The molecule has 29 heavy (non-hydrogen) atoms. The van der Waals surface area contributed by atoms with E-state index < -0.39 is 85.7 Å². The highest BCUT2D eigenvalue weighted by molar-refractivity contribution is 8.00. The van der Waals surface area contributed by atoms with Gasteiger partial charge in [0.1, 0.15) is 54.9 Å². The van der Waals surface area contributed by atoms with Crippen LogP contribution in [0.15, 0.2) is 0 Å². The first-order chi connectivity index (χ1) is 13.6. The van der Waals surface area contributed by atoms with Gasteiger partial charge >= 0.3 is 5.97 Å². The van der Waals surface area contributed by atoms with Gasteiger partial charge < -0.3 is 55.4 Å². The lowest BCUT2D eigenvalue weighted by molar-refractivity contribution is -0.327. The van der Waals surface area contributed by atoms with Crippen molar-refractivity contribution in [2.24, 2.45) is 0 Å². The van der Waals surface area contributed by atoms with Crippen molar-refractivity contribution in [3.63, 3.8) is 0 Å². The van der Waals surface area contributed by atoms with Gasteiger partial charge in [-0.2, -0.15) is 0 Å². The van der Waals surface area contributed by atoms with E-state index in [1.165, 1.54) is 0 Å². The molecule has 10 N–H and O–H groups in total. The highest BCUT2D eigenvalue weighted by atomic mass is 35.1. The Morgan fingerprint density at radius 3 is 2.31 bits per heavy atom. The van der Waals surface area contributed by atoms with Crippen LogP contribution in [0.1, 0.15) is 0 Å². The van der Waals surface area contributed by atoms with E-state index in [0.717, 1.165) is 11.8 Å². The molecule has 2 saturated heterocycles. The summed E-state index contributed by atoms with van der Waals surface area (Å²) in [6, 6.07) is -0.959. The normalized spacial score (nSPS) is 39.7. The lowest BCUT2D eigenvalue weighted by Gasteiger charge is -2.42. The van der Waals surface area contributed by atoms with Gasteiger partial charge in [-0.3, -0.25) is 10.1 Å². The van der Waals surface area contributed by atoms with Crippen molar-refractivity contribution in [3.8, 4) is 0 Å². The minimum absolute atomic E-state index is 0.116. The Balaban J connectivity index is 2.11. The predicted molar refractivity (Wildman–Crippen MR) is 94.6 cm³/mol. The maximum Gasteiger partial charge on any atom is 0.321 e. The van der Waals surface area contributed by atoms with Crippen LogP contribution in [0, 0.1) is 0 Å². The van der Waals surface area contributed by atoms with Gasteiger partial charge in [-0.05, 0) is 0 Å². The van der Waals surface area contributed by atoms with Crippen molar-refractivity contribution < 1.29 is 60.2 Å². The van der Waals surface area contributed by atoms with E-state index in [1.54, 1.807) is 0 Å². The third-order valence-corrected chi connectivity index (χ3v) is 6.11. The van der Waals surface area contributed by atoms with E-state index in [-0.39, 0.29) is 5.75 Å². The molecule has 11 atom stereocenters. The lowest BCUT2D eigenvalue weighted by atomic mass is 9.98. The number of ether oxygens (including phenoxy) is 2. The van der Waals surface area contributed by atoms with Gasteiger partial charge in [0.25, 0.3) is 0 Å². The van der Waals surface area contributed by atoms with E-state index in [1.807, 2.05) is 0 Å². The molecule has 0 bridgehead atoms. The number of hydrogen-bond donors (Lipinski definition) is 10. The molecule has 2 aliphatic rings. The predicted octanol–water partition coefficient (Wildman–Crippen LogP) is -5.64. The number of aliphatic carboxylic acids is 1. The van der Waals surface area contributed by atoms with E-state index in [4.69, 9.17) is 14.6 Å². The van der Waals surface area contributed by atoms with Crippen LogP contribution in [0.2, 0.25) is 0 Å². The van der Waals surface area contributed by atoms with Crippen LogP contribution in [0.3, 0.4) is 0 Å². The summed E-state index contributed by atoms with van der Waals surface area (Å²) in [5, 5.41) is 89.6. The molecule has 0 saturated carbocycles. The van der Waals surface area contributed by atoms with Gasteiger partial charge in [0.2, 0.25) is 0 Å². The molecule has 0 unspecified atom stereocenters. The van der Waals surface area contributed by atoms with E-state index in [9.17, 15) is 45.6 Å². The van der Waals surface area contributed by atoms with Crippen LogP contribution in [0.5, 0.6) is 0 Å². The van der Waals surface area contributed by atoms with Crippen molar-refractivity contribution in [1.82, 2.24) is 5.32 Å². The Labute approximate surface area is 169 Å². The van der Waals surface area contributed by atoms with E-state index in [2.05, 4.69) is 5.32 Å². The molecule has 2 aliphatic heterocycles. The molecule has 14 heteroatoms. The van der Waals surface area contributed by atoms with Crippen molar-refractivity contribution in [3.05, 3.63) is 0 Å². The third-order valence-electron chi connectivity index (χ3n) is 4.81. The topological polar surface area (TPSA) is 230 Å². The van der Waals surface area contributed by atoms with Crippen LogP contribution in [0.25, 0.3) is 0 Å². The fourth-order valence-electron chi connectivity index (χ4n) is 3.04. The summed E-state index contributed by atoms with van der Waals surface area (Å²) in [5.41, 5.74) is 0. The molecule has 0 radical (unpaired) electrons. The number of carboxylic acids is 1. The Morgan fingerprint density at radius 1 is 1.14 bits per heavy atom. The zero-order chi connectivity index (χ0) is 21.9. The smallest absolute Gasteiger partial charge is 0.321 e. The molecule has 2 heterocycles. The first-order valence-corrected chi connectivity index (χ1v) is 9.88. The summed E-state index contributed by atoms with van der Waals surface area (Å²) in [5.74, 6) is -1.03. The minimum atomic E-state index is -1.87. The highest BCUT2D eigenvalue weighted by Gasteiger charge is 2.48. The quantitative estimate of drug-likeness (QED) is 0.159. The Bertz CT molecular complexity index is 541. The molecule has 0 aliphatic carbocycles. The van der Waals surface area contributed by atoms with E-state index >= 15 is 0 Å². The second kappa shape index (κ2) is 10.6. The Kier molecular flexibility index (Phi) is 9.02. The number of aliphatic hydroxyl groups is 8. The number of aliphatic hydroxyl groups excluding tert-OH is 8. The molecule has 170 valence electrons. The summed E-state index contributed by atoms with van der Waals surface area (Å²) in [4.78, 5) is 11.0. The number of carbonyl (C=O) groups is 1. The second-order valence-electron chi connectivity index (χ2n) is 6.84. The standard InChI is InChI=1S/C15H27NO12S/c17-1-5(19)12(9(22)10(23)13-16-4(3-29-13)14(25)26)28-15-11(24)8(21)7(20)6(2-18)27-15/h4-13,15-24H,1-3H2,(H,25,26)/t4-,5-,6+,7-,8-,9+,10-,11+,12-,13-,15-/m0/s1/i29+3. The largest absolute Gasteiger partial charge is 0.480 e. The maximum absolute atomic E-state index is 11.0. The average Bonchev–Trinajstić information content (AvgIpc) is 3.20. The lowest BCUT2D eigenvalue weighted by Crippen LogP contribution is -2.62. The first-order valence-electron chi connectivity index (χ1n) is 8.83. The highest BCUT2D eigenvalue weighted by Crippen LogP contribution is 2.28. The maximum atomic E-state index is 11.0. The molecule has 2 rings (SSSR count). The van der Waals surface area contributed by atoms with Crippen LogP contribution >= 0.6 is 11.8 Å². The number of carboxylic acid groups (broad SMARTS) is 1. The molecule has 0 aromatic carbocycles. The number of thioether (sulfide) groups is 1. The first kappa shape index (κ1) is 24.6. The van der Waals surface area contributed by atoms with Gasteiger partial charge in [-0.1, -0.05) is 0 Å². The van der Waals surface area contributed by atoms with Crippen LogP contribution in [0.4, 0.5) is 0 Å². The number of hydrogen-bond acceptors (Lipinski definition) is 13. The molecule has 13 nitrogen and oxygen atoms in total. The monoisotopic (exact) mass is 448 g/mol. The summed E-state index contributed by atoms with van der Waals surface area (Å²) < 4.78 is 10.4. The van der Waals surface area contributed by atoms with Gasteiger partial charge in [0.15, 0.2) is 6.29 Å². The summed E-state index contributed by atoms with van der Waals surface area (Å²) >= 11 is 1.01. The van der Waals surface area contributed by atoms with Crippen molar-refractivity contribution in [1.29, 1.82) is 0 Å². The van der Waals surface area contributed by atoms with Crippen LogP contribution < -0.4 is 5.32 Å². The summed E-state index contributed by atoms with van der Waals surface area (Å²) in [7, 11) is 0. The van der Waals surface area contributed by atoms with Crippen molar-refractivity contribution in [2.45, 2.75) is 66.5 Å². The Morgan fingerprint density at radius 2 is 1.79 bits per heavy atom. The number of nitrogens with one attached hydrogen (secondary N) is 1. The van der Waals surface area contributed by atoms with Gasteiger partial charge in [0, 0.05) is 5.75 Å². The molecular weight excluding hydrogens is 421 g/mol. The SMILES string of the molecule is O=C(O)[C@@H]1C[35S][C@@H]([C@@H](O)[C@@H](O)[C@@H](O[C@@H]2O[C@H](CO)[C@H](O)[C@H](O)[C@H]2O)[C@@H](O)CO)N1. The van der Waals surface area contributed by atoms with Crippen LogP contribution in [-0.2, 0) is 14.3 Å². The minimum Gasteiger partial charge on any atom is -0.480 e. The third kappa shape index (κ3) is 5.55. The number of rotatable bonds is 9. The molecular formula is C15H27NO12S. The molecule has 0 aromatic rings. The molecule has 0 spiro atoms. The van der Waals surface area contributed by atoms with Gasteiger partial charge in [-0.25, -0.2) is 0 Å². The van der Waals surface area contributed by atoms with Crippen molar-refractivity contribution >= 4 is 17.7 Å². The van der Waals surface area contributed by atoms with Crippen molar-refractivity contribution in [2.75, 3.05) is 19.0 Å². The fraction of sp³-hybridized carbons (Fsp3) is 0.933. The zero-order valence-electron chi connectivity index (χ0n) is 15.1. The van der Waals surface area contributed by atoms with E-state index in [0.29, 0.717) is 0 Å². The fourth-order valence-corrected chi connectivity index (χ4v) is 4.30. The zero-order valence-corrected chi connectivity index (χ0v) is 15.9. The second-order valence-corrected chi connectivity index (χ2v) is 8.02. The van der Waals surface area contributed by atoms with Crippen LogP contribution in [-0.4, -0.2) is 137 Å². The summed E-state index contributed by atoms with van der Waals surface area (Å²) in [6.07, 6.45) is -15.3. The molecule has 2 fully saturated rings. The summed E-state index contributed by atoms with van der Waals surface area (Å²) in [6.45, 7) is -1.64.